The topological polar surface area (TPSA) is 55.2 Å². The second-order valence-electron chi connectivity index (χ2n) is 4.17. The number of nitrogens with one attached hydrogen (secondary N) is 1. The normalized spacial score (nSPS) is 11.9. The zero-order chi connectivity index (χ0) is 13.8. The first-order chi connectivity index (χ1) is 9.09. The zero-order valence-corrected chi connectivity index (χ0v) is 10.3. The van der Waals surface area contributed by atoms with Crippen LogP contribution in [0.25, 0.3) is 0 Å². The van der Waals surface area contributed by atoms with Gasteiger partial charge in [-0.2, -0.15) is 4.39 Å². The van der Waals surface area contributed by atoms with Gasteiger partial charge in [0, 0.05) is 6.04 Å². The van der Waals surface area contributed by atoms with Gasteiger partial charge in [0.15, 0.2) is 0 Å². The Balaban J connectivity index is 2.29. The molecule has 98 valence electrons. The lowest BCUT2D eigenvalue weighted by Gasteiger charge is -2.15. The third kappa shape index (κ3) is 2.88. The van der Waals surface area contributed by atoms with Crippen molar-refractivity contribution in [1.82, 2.24) is 0 Å². The van der Waals surface area contributed by atoms with Crippen LogP contribution in [-0.4, -0.2) is 4.92 Å². The van der Waals surface area contributed by atoms with Gasteiger partial charge in [0.05, 0.1) is 4.92 Å². The first-order valence-electron chi connectivity index (χ1n) is 5.84. The Morgan fingerprint density at radius 2 is 1.84 bits per heavy atom. The van der Waals surface area contributed by atoms with Gasteiger partial charge in [-0.25, -0.2) is 0 Å². The minimum Gasteiger partial charge on any atom is -0.373 e. The predicted octanol–water partition coefficient (Wildman–Crippen LogP) is 3.91. The largest absolute Gasteiger partial charge is 0.373 e. The SMILES string of the molecule is CC(Nc1cccc(F)c1[N+](=O)[O-])c1ccccc1. The van der Waals surface area contributed by atoms with Gasteiger partial charge in [0.1, 0.15) is 5.69 Å². The highest BCUT2D eigenvalue weighted by molar-refractivity contribution is 5.62. The van der Waals surface area contributed by atoms with E-state index in [-0.39, 0.29) is 11.7 Å². The number of nitro groups is 1. The van der Waals surface area contributed by atoms with Gasteiger partial charge in [-0.3, -0.25) is 10.1 Å². The third-order valence-electron chi connectivity index (χ3n) is 2.84. The van der Waals surface area contributed by atoms with Crippen molar-refractivity contribution < 1.29 is 9.31 Å². The molecule has 1 N–H and O–H groups in total. The van der Waals surface area contributed by atoms with Crippen LogP contribution >= 0.6 is 0 Å². The molecule has 0 heterocycles. The molecule has 0 radical (unpaired) electrons. The van der Waals surface area contributed by atoms with Crippen LogP contribution in [0, 0.1) is 15.9 Å². The minimum absolute atomic E-state index is 0.151. The van der Waals surface area contributed by atoms with E-state index in [9.17, 15) is 14.5 Å². The van der Waals surface area contributed by atoms with Crippen LogP contribution in [0.15, 0.2) is 48.5 Å². The van der Waals surface area contributed by atoms with E-state index < -0.39 is 16.4 Å². The Labute approximate surface area is 110 Å². The van der Waals surface area contributed by atoms with Crippen LogP contribution in [0.1, 0.15) is 18.5 Å². The lowest BCUT2D eigenvalue weighted by Crippen LogP contribution is -2.09. The number of anilines is 1. The number of rotatable bonds is 4. The molecule has 1 unspecified atom stereocenters. The summed E-state index contributed by atoms with van der Waals surface area (Å²) in [6, 6.07) is 13.3. The van der Waals surface area contributed by atoms with Crippen molar-refractivity contribution in [3.05, 3.63) is 70.0 Å². The Bertz CT molecular complexity index is 587. The van der Waals surface area contributed by atoms with Gasteiger partial charge in [-0.1, -0.05) is 36.4 Å². The molecule has 2 aromatic carbocycles. The van der Waals surface area contributed by atoms with Crippen LogP contribution < -0.4 is 5.32 Å². The van der Waals surface area contributed by atoms with Crippen molar-refractivity contribution in [3.8, 4) is 0 Å². The fraction of sp³-hybridized carbons (Fsp3) is 0.143. The van der Waals surface area contributed by atoms with E-state index in [0.717, 1.165) is 11.6 Å². The number of para-hydroxylation sites is 1. The smallest absolute Gasteiger partial charge is 0.327 e. The number of hydrogen-bond donors (Lipinski definition) is 1. The van der Waals surface area contributed by atoms with E-state index in [2.05, 4.69) is 5.32 Å². The van der Waals surface area contributed by atoms with Gasteiger partial charge in [0.2, 0.25) is 5.82 Å². The first-order valence-corrected chi connectivity index (χ1v) is 5.84. The van der Waals surface area contributed by atoms with Gasteiger partial charge in [-0.05, 0) is 24.6 Å². The average molecular weight is 260 g/mol. The van der Waals surface area contributed by atoms with Gasteiger partial charge < -0.3 is 5.32 Å². The molecule has 0 amide bonds. The number of hydrogen-bond acceptors (Lipinski definition) is 3. The highest BCUT2D eigenvalue weighted by atomic mass is 19.1. The summed E-state index contributed by atoms with van der Waals surface area (Å²) in [6.45, 7) is 1.87. The monoisotopic (exact) mass is 260 g/mol. The predicted molar refractivity (Wildman–Crippen MR) is 71.5 cm³/mol. The molecule has 0 saturated heterocycles. The maximum absolute atomic E-state index is 13.5. The number of halogens is 1. The summed E-state index contributed by atoms with van der Waals surface area (Å²) in [7, 11) is 0. The molecule has 4 nitrogen and oxygen atoms in total. The number of nitrogens with zero attached hydrogens (tertiary/aromatic N) is 1. The fourth-order valence-corrected chi connectivity index (χ4v) is 1.88. The third-order valence-corrected chi connectivity index (χ3v) is 2.84. The molecule has 0 fully saturated rings. The lowest BCUT2D eigenvalue weighted by molar-refractivity contribution is -0.386. The molecule has 0 aliphatic rings. The van der Waals surface area contributed by atoms with E-state index in [1.807, 2.05) is 37.3 Å². The number of benzene rings is 2. The van der Waals surface area contributed by atoms with Crippen molar-refractivity contribution in [3.63, 3.8) is 0 Å². The first kappa shape index (κ1) is 13.0. The molecule has 1 atom stereocenters. The van der Waals surface area contributed by atoms with E-state index in [1.54, 1.807) is 0 Å². The van der Waals surface area contributed by atoms with Gasteiger partial charge in [-0.15, -0.1) is 0 Å². The minimum atomic E-state index is -0.838. The molecule has 5 heteroatoms. The second-order valence-corrected chi connectivity index (χ2v) is 4.17. The summed E-state index contributed by atoms with van der Waals surface area (Å²) in [6.07, 6.45) is 0. The molecule has 2 rings (SSSR count). The summed E-state index contributed by atoms with van der Waals surface area (Å²) < 4.78 is 13.5. The molecule has 0 bridgehead atoms. The maximum atomic E-state index is 13.5. The lowest BCUT2D eigenvalue weighted by atomic mass is 10.1. The highest BCUT2D eigenvalue weighted by Crippen LogP contribution is 2.30. The van der Waals surface area contributed by atoms with E-state index in [1.165, 1.54) is 12.1 Å². The van der Waals surface area contributed by atoms with Crippen molar-refractivity contribution in [2.45, 2.75) is 13.0 Å². The molecule has 0 aliphatic carbocycles. The van der Waals surface area contributed by atoms with E-state index in [4.69, 9.17) is 0 Å². The molecule has 0 saturated carbocycles. The second kappa shape index (κ2) is 5.48. The van der Waals surface area contributed by atoms with E-state index >= 15 is 0 Å². The van der Waals surface area contributed by atoms with Crippen molar-refractivity contribution in [2.75, 3.05) is 5.32 Å². The Hall–Kier alpha value is -2.43. The fourth-order valence-electron chi connectivity index (χ4n) is 1.88. The molecule has 0 spiro atoms. The summed E-state index contributed by atoms with van der Waals surface area (Å²) in [5.74, 6) is -0.838. The van der Waals surface area contributed by atoms with Crippen molar-refractivity contribution >= 4 is 11.4 Å². The average Bonchev–Trinajstić information content (AvgIpc) is 2.39. The van der Waals surface area contributed by atoms with Crippen molar-refractivity contribution in [1.29, 1.82) is 0 Å². The summed E-state index contributed by atoms with van der Waals surface area (Å²) in [5, 5.41) is 13.9. The molecular weight excluding hydrogens is 247 g/mol. The zero-order valence-electron chi connectivity index (χ0n) is 10.3. The van der Waals surface area contributed by atoms with Gasteiger partial charge >= 0.3 is 5.69 Å². The van der Waals surface area contributed by atoms with Crippen LogP contribution in [0.5, 0.6) is 0 Å². The van der Waals surface area contributed by atoms with Crippen molar-refractivity contribution in [2.24, 2.45) is 0 Å². The molecular formula is C14H13FN2O2. The van der Waals surface area contributed by atoms with E-state index in [0.29, 0.717) is 0 Å². The Morgan fingerprint density at radius 1 is 1.16 bits per heavy atom. The highest BCUT2D eigenvalue weighted by Gasteiger charge is 2.20. The van der Waals surface area contributed by atoms with Crippen LogP contribution in [0.4, 0.5) is 15.8 Å². The van der Waals surface area contributed by atoms with Crippen LogP contribution in [0.2, 0.25) is 0 Å². The Kier molecular flexibility index (Phi) is 3.75. The maximum Gasteiger partial charge on any atom is 0.327 e. The summed E-state index contributed by atoms with van der Waals surface area (Å²) in [5.41, 5.74) is 0.632. The molecule has 19 heavy (non-hydrogen) atoms. The quantitative estimate of drug-likeness (QED) is 0.669. The molecule has 0 aliphatic heterocycles. The Morgan fingerprint density at radius 3 is 2.47 bits per heavy atom. The van der Waals surface area contributed by atoms with Gasteiger partial charge in [0.25, 0.3) is 0 Å². The number of nitro benzene ring substituents is 1. The van der Waals surface area contributed by atoms with Crippen LogP contribution in [0.3, 0.4) is 0 Å². The standard InChI is InChI=1S/C14H13FN2O2/c1-10(11-6-3-2-4-7-11)16-13-9-5-8-12(15)14(13)17(18)19/h2-10,16H,1H3. The van der Waals surface area contributed by atoms with Crippen LogP contribution in [-0.2, 0) is 0 Å². The summed E-state index contributed by atoms with van der Waals surface area (Å²) >= 11 is 0. The molecule has 2 aromatic rings. The summed E-state index contributed by atoms with van der Waals surface area (Å²) in [4.78, 5) is 10.2. The molecule has 0 aromatic heterocycles.